The van der Waals surface area contributed by atoms with E-state index in [0.29, 0.717) is 29.3 Å². The number of amides is 1. The molecular weight excluding hydrogens is 440 g/mol. The Morgan fingerprint density at radius 3 is 2.43 bits per heavy atom. The molecule has 174 valence electrons. The van der Waals surface area contributed by atoms with Gasteiger partial charge in [0.25, 0.3) is 11.7 Å². The van der Waals surface area contributed by atoms with Crippen LogP contribution in [-0.2, 0) is 9.59 Å². The molecule has 2 heterocycles. The molecule has 1 amide bonds. The SMILES string of the molecule is CCCOc1ccc(/C(O)=C2\C(=O)C(=O)N(c3cccc4ccccc34)C2c2ccccn2)cc1. The normalized spacial score (nSPS) is 17.2. The quantitative estimate of drug-likeness (QED) is 0.227. The van der Waals surface area contributed by atoms with Gasteiger partial charge in [-0.25, -0.2) is 0 Å². The van der Waals surface area contributed by atoms with Gasteiger partial charge in [0.15, 0.2) is 0 Å². The molecule has 0 aliphatic carbocycles. The zero-order valence-corrected chi connectivity index (χ0v) is 19.2. The minimum absolute atomic E-state index is 0.00357. The first-order valence-corrected chi connectivity index (χ1v) is 11.5. The number of carbonyl (C=O) groups is 2. The van der Waals surface area contributed by atoms with Gasteiger partial charge >= 0.3 is 0 Å². The molecule has 1 aliphatic heterocycles. The summed E-state index contributed by atoms with van der Waals surface area (Å²) < 4.78 is 5.62. The molecule has 5 rings (SSSR count). The van der Waals surface area contributed by atoms with Crippen LogP contribution >= 0.6 is 0 Å². The van der Waals surface area contributed by atoms with E-state index >= 15 is 0 Å². The number of aliphatic hydroxyl groups excluding tert-OH is 1. The van der Waals surface area contributed by atoms with Gasteiger partial charge in [0.1, 0.15) is 17.6 Å². The molecule has 1 atom stereocenters. The number of nitrogens with zero attached hydrogens (tertiary/aromatic N) is 2. The van der Waals surface area contributed by atoms with E-state index in [1.165, 1.54) is 4.90 Å². The van der Waals surface area contributed by atoms with Gasteiger partial charge in [-0.15, -0.1) is 0 Å². The Labute approximate surface area is 203 Å². The van der Waals surface area contributed by atoms with E-state index in [-0.39, 0.29) is 11.3 Å². The van der Waals surface area contributed by atoms with Gasteiger partial charge < -0.3 is 9.84 Å². The molecule has 6 nitrogen and oxygen atoms in total. The number of ketones is 1. The largest absolute Gasteiger partial charge is 0.507 e. The lowest BCUT2D eigenvalue weighted by atomic mass is 9.97. The maximum absolute atomic E-state index is 13.4. The molecule has 1 fully saturated rings. The van der Waals surface area contributed by atoms with Crippen LogP contribution in [0, 0.1) is 0 Å². The van der Waals surface area contributed by atoms with Crippen molar-refractivity contribution in [1.82, 2.24) is 4.98 Å². The molecular formula is C29H24N2O4. The number of pyridine rings is 1. The summed E-state index contributed by atoms with van der Waals surface area (Å²) in [5.41, 5.74) is 1.50. The fourth-order valence-electron chi connectivity index (χ4n) is 4.40. The predicted molar refractivity (Wildman–Crippen MR) is 135 cm³/mol. The number of rotatable bonds is 6. The molecule has 0 radical (unpaired) electrons. The standard InChI is InChI=1S/C29H24N2O4/c1-2-18-35-21-15-13-20(14-16-21)27(32)25-26(23-11-5-6-17-30-23)31(29(34)28(25)33)24-12-7-9-19-8-3-4-10-22(19)24/h3-17,26,32H,2,18H2,1H3/b27-25+. The Morgan fingerprint density at radius 2 is 1.69 bits per heavy atom. The molecule has 3 aromatic carbocycles. The van der Waals surface area contributed by atoms with Gasteiger partial charge in [-0.2, -0.15) is 0 Å². The highest BCUT2D eigenvalue weighted by Gasteiger charge is 2.48. The molecule has 0 spiro atoms. The minimum Gasteiger partial charge on any atom is -0.507 e. The molecule has 6 heteroatoms. The third-order valence-corrected chi connectivity index (χ3v) is 6.04. The average Bonchev–Trinajstić information content (AvgIpc) is 3.17. The smallest absolute Gasteiger partial charge is 0.300 e. The van der Waals surface area contributed by atoms with Crippen molar-refractivity contribution in [3.05, 3.63) is 108 Å². The summed E-state index contributed by atoms with van der Waals surface area (Å²) in [5, 5.41) is 13.1. The van der Waals surface area contributed by atoms with Crippen LogP contribution in [0.5, 0.6) is 5.75 Å². The number of fused-ring (bicyclic) bond motifs is 1. The second kappa shape index (κ2) is 9.43. The molecule has 4 aromatic rings. The molecule has 0 bridgehead atoms. The Balaban J connectivity index is 1.68. The Hall–Kier alpha value is -4.45. The van der Waals surface area contributed by atoms with E-state index in [4.69, 9.17) is 4.74 Å². The van der Waals surface area contributed by atoms with Crippen molar-refractivity contribution in [2.24, 2.45) is 0 Å². The van der Waals surface area contributed by atoms with E-state index in [1.54, 1.807) is 48.7 Å². The lowest BCUT2D eigenvalue weighted by molar-refractivity contribution is -0.132. The number of benzene rings is 3. The summed E-state index contributed by atoms with van der Waals surface area (Å²) >= 11 is 0. The fourth-order valence-corrected chi connectivity index (χ4v) is 4.40. The Morgan fingerprint density at radius 1 is 0.943 bits per heavy atom. The van der Waals surface area contributed by atoms with Crippen LogP contribution in [0.2, 0.25) is 0 Å². The number of aromatic nitrogens is 1. The average molecular weight is 465 g/mol. The summed E-state index contributed by atoms with van der Waals surface area (Å²) in [4.78, 5) is 32.7. The van der Waals surface area contributed by atoms with Gasteiger partial charge in [0, 0.05) is 17.1 Å². The van der Waals surface area contributed by atoms with Crippen LogP contribution < -0.4 is 9.64 Å². The summed E-state index contributed by atoms with van der Waals surface area (Å²) in [6.45, 7) is 2.61. The van der Waals surface area contributed by atoms with E-state index in [0.717, 1.165) is 17.2 Å². The third kappa shape index (κ3) is 4.04. The van der Waals surface area contributed by atoms with Crippen molar-refractivity contribution < 1.29 is 19.4 Å². The molecule has 1 unspecified atom stereocenters. The maximum atomic E-state index is 13.4. The van der Waals surface area contributed by atoms with Crippen molar-refractivity contribution in [3.8, 4) is 5.75 Å². The highest BCUT2D eigenvalue weighted by atomic mass is 16.5. The molecule has 1 aliphatic rings. The van der Waals surface area contributed by atoms with Crippen LogP contribution in [-0.4, -0.2) is 28.4 Å². The van der Waals surface area contributed by atoms with Crippen molar-refractivity contribution in [1.29, 1.82) is 0 Å². The third-order valence-electron chi connectivity index (χ3n) is 6.04. The number of Topliss-reactive ketones (excluding diaryl/α,β-unsaturated/α-hetero) is 1. The van der Waals surface area contributed by atoms with Crippen molar-refractivity contribution in [2.45, 2.75) is 19.4 Å². The lowest BCUT2D eigenvalue weighted by Gasteiger charge is -2.25. The van der Waals surface area contributed by atoms with E-state index in [9.17, 15) is 14.7 Å². The summed E-state index contributed by atoms with van der Waals surface area (Å²) in [5.74, 6) is -1.04. The summed E-state index contributed by atoms with van der Waals surface area (Å²) in [6, 6.07) is 24.6. The number of ether oxygens (including phenoxy) is 1. The van der Waals surface area contributed by atoms with Crippen molar-refractivity contribution >= 4 is 33.9 Å². The van der Waals surface area contributed by atoms with E-state index < -0.39 is 17.7 Å². The zero-order chi connectivity index (χ0) is 24.4. The number of hydrogen-bond acceptors (Lipinski definition) is 5. The summed E-state index contributed by atoms with van der Waals surface area (Å²) in [7, 11) is 0. The van der Waals surface area contributed by atoms with Crippen LogP contribution in [0.15, 0.2) is 96.7 Å². The second-order valence-corrected chi connectivity index (χ2v) is 8.29. The van der Waals surface area contributed by atoms with Crippen LogP contribution in [0.25, 0.3) is 16.5 Å². The molecule has 1 saturated heterocycles. The van der Waals surface area contributed by atoms with Gasteiger partial charge in [-0.1, -0.05) is 49.4 Å². The van der Waals surface area contributed by atoms with E-state index in [1.807, 2.05) is 49.4 Å². The first-order chi connectivity index (χ1) is 17.1. The van der Waals surface area contributed by atoms with Gasteiger partial charge in [0.05, 0.1) is 23.6 Å². The first kappa shape index (κ1) is 22.3. The highest BCUT2D eigenvalue weighted by molar-refractivity contribution is 6.52. The maximum Gasteiger partial charge on any atom is 0.300 e. The number of anilines is 1. The second-order valence-electron chi connectivity index (χ2n) is 8.29. The van der Waals surface area contributed by atoms with Crippen LogP contribution in [0.1, 0.15) is 30.6 Å². The number of carbonyl (C=O) groups excluding carboxylic acids is 2. The monoisotopic (exact) mass is 464 g/mol. The minimum atomic E-state index is -0.877. The van der Waals surface area contributed by atoms with Gasteiger partial charge in [-0.05, 0) is 54.3 Å². The van der Waals surface area contributed by atoms with Crippen LogP contribution in [0.3, 0.4) is 0 Å². The van der Waals surface area contributed by atoms with E-state index in [2.05, 4.69) is 4.98 Å². The molecule has 0 saturated carbocycles. The number of aliphatic hydroxyl groups is 1. The van der Waals surface area contributed by atoms with Crippen LogP contribution in [0.4, 0.5) is 5.69 Å². The first-order valence-electron chi connectivity index (χ1n) is 11.5. The van der Waals surface area contributed by atoms with Gasteiger partial charge in [-0.3, -0.25) is 19.5 Å². The molecule has 35 heavy (non-hydrogen) atoms. The topological polar surface area (TPSA) is 79.7 Å². The zero-order valence-electron chi connectivity index (χ0n) is 19.2. The molecule has 1 aromatic heterocycles. The Bertz CT molecular complexity index is 1420. The number of hydrogen-bond donors (Lipinski definition) is 1. The lowest BCUT2D eigenvalue weighted by Crippen LogP contribution is -2.30. The fraction of sp³-hybridized carbons (Fsp3) is 0.138. The predicted octanol–water partition coefficient (Wildman–Crippen LogP) is 5.65. The highest BCUT2D eigenvalue weighted by Crippen LogP contribution is 2.43. The summed E-state index contributed by atoms with van der Waals surface area (Å²) in [6.07, 6.45) is 2.49. The van der Waals surface area contributed by atoms with Crippen molar-refractivity contribution in [3.63, 3.8) is 0 Å². The van der Waals surface area contributed by atoms with Crippen molar-refractivity contribution in [2.75, 3.05) is 11.5 Å². The molecule has 1 N–H and O–H groups in total. The van der Waals surface area contributed by atoms with Gasteiger partial charge in [0.2, 0.25) is 0 Å². The Kier molecular flexibility index (Phi) is 6.02.